The van der Waals surface area contributed by atoms with Gasteiger partial charge in [-0.1, -0.05) is 19.1 Å². The summed E-state index contributed by atoms with van der Waals surface area (Å²) in [4.78, 5) is 2.46. The normalized spacial score (nSPS) is 17.0. The number of ether oxygens (including phenoxy) is 1. The molecule has 118 valence electrons. The number of benzene rings is 1. The van der Waals surface area contributed by atoms with Crippen molar-refractivity contribution in [1.29, 1.82) is 0 Å². The Morgan fingerprint density at radius 1 is 1.24 bits per heavy atom. The van der Waals surface area contributed by atoms with Crippen LogP contribution in [0.5, 0.6) is 5.75 Å². The van der Waals surface area contributed by atoms with Crippen LogP contribution in [0, 0.1) is 0 Å². The van der Waals surface area contributed by atoms with Gasteiger partial charge in [0.1, 0.15) is 18.5 Å². The van der Waals surface area contributed by atoms with Gasteiger partial charge in [-0.3, -0.25) is 0 Å². The first-order valence-electron chi connectivity index (χ1n) is 8.11. The summed E-state index contributed by atoms with van der Waals surface area (Å²) < 4.78 is 5.60. The Kier molecular flexibility index (Phi) is 7.00. The average molecular weight is 292 g/mol. The second-order valence-electron chi connectivity index (χ2n) is 5.72. The van der Waals surface area contributed by atoms with Crippen molar-refractivity contribution in [3.05, 3.63) is 29.8 Å². The Morgan fingerprint density at radius 2 is 1.95 bits per heavy atom. The molecule has 4 nitrogen and oxygen atoms in total. The van der Waals surface area contributed by atoms with Gasteiger partial charge in [-0.15, -0.1) is 0 Å². The average Bonchev–Trinajstić information content (AvgIpc) is 3.03. The molecule has 0 saturated carbocycles. The zero-order valence-electron chi connectivity index (χ0n) is 13.1. The first-order chi connectivity index (χ1) is 10.3. The van der Waals surface area contributed by atoms with Gasteiger partial charge in [-0.2, -0.15) is 0 Å². The molecule has 1 saturated heterocycles. The fourth-order valence-corrected chi connectivity index (χ4v) is 2.58. The molecule has 0 bridgehead atoms. The molecule has 1 heterocycles. The van der Waals surface area contributed by atoms with Crippen LogP contribution < -0.4 is 10.1 Å². The fraction of sp³-hybridized carbons (Fsp3) is 0.647. The van der Waals surface area contributed by atoms with Crippen molar-refractivity contribution in [2.75, 3.05) is 39.3 Å². The number of nitrogens with zero attached hydrogens (tertiary/aromatic N) is 1. The number of aliphatic hydroxyl groups excluding tert-OH is 1. The van der Waals surface area contributed by atoms with Crippen LogP contribution in [-0.4, -0.2) is 55.4 Å². The highest BCUT2D eigenvalue weighted by molar-refractivity contribution is 5.27. The van der Waals surface area contributed by atoms with Crippen LogP contribution in [0.15, 0.2) is 24.3 Å². The molecule has 1 unspecified atom stereocenters. The van der Waals surface area contributed by atoms with E-state index < -0.39 is 6.10 Å². The summed E-state index contributed by atoms with van der Waals surface area (Å²) in [6.07, 6.45) is 3.22. The third-order valence-electron chi connectivity index (χ3n) is 3.96. The maximum atomic E-state index is 9.90. The summed E-state index contributed by atoms with van der Waals surface area (Å²) in [7, 11) is 0. The minimum atomic E-state index is -0.463. The molecule has 0 aliphatic carbocycles. The quantitative estimate of drug-likeness (QED) is 0.680. The van der Waals surface area contributed by atoms with E-state index >= 15 is 0 Å². The monoisotopic (exact) mass is 292 g/mol. The highest BCUT2D eigenvalue weighted by atomic mass is 16.5. The largest absolute Gasteiger partial charge is 0.491 e. The lowest BCUT2D eigenvalue weighted by atomic mass is 10.2. The van der Waals surface area contributed by atoms with Crippen LogP contribution in [0.2, 0.25) is 0 Å². The smallest absolute Gasteiger partial charge is 0.119 e. The third kappa shape index (κ3) is 6.04. The number of aryl methyl sites for hydroxylation is 1. The molecule has 0 spiro atoms. The van der Waals surface area contributed by atoms with Crippen molar-refractivity contribution >= 4 is 0 Å². The zero-order valence-corrected chi connectivity index (χ0v) is 13.1. The topological polar surface area (TPSA) is 44.7 Å². The highest BCUT2D eigenvalue weighted by Crippen LogP contribution is 2.12. The van der Waals surface area contributed by atoms with Crippen molar-refractivity contribution < 1.29 is 9.84 Å². The Labute approximate surface area is 128 Å². The number of aliphatic hydroxyl groups is 1. The van der Waals surface area contributed by atoms with Crippen LogP contribution in [0.25, 0.3) is 0 Å². The minimum absolute atomic E-state index is 0.336. The first-order valence-corrected chi connectivity index (χ1v) is 8.11. The van der Waals surface area contributed by atoms with Gasteiger partial charge in [-0.05, 0) is 50.0 Å². The Morgan fingerprint density at radius 3 is 2.62 bits per heavy atom. The number of nitrogens with one attached hydrogen (secondary N) is 1. The van der Waals surface area contributed by atoms with Crippen LogP contribution in [0.1, 0.15) is 25.3 Å². The number of hydrogen-bond donors (Lipinski definition) is 2. The molecular weight excluding hydrogens is 264 g/mol. The zero-order chi connectivity index (χ0) is 14.9. The van der Waals surface area contributed by atoms with Gasteiger partial charge in [0, 0.05) is 19.6 Å². The first kappa shape index (κ1) is 16.3. The van der Waals surface area contributed by atoms with E-state index in [9.17, 15) is 5.11 Å². The lowest BCUT2D eigenvalue weighted by molar-refractivity contribution is 0.106. The van der Waals surface area contributed by atoms with Crippen LogP contribution in [0.4, 0.5) is 0 Å². The van der Waals surface area contributed by atoms with Gasteiger partial charge in [0.15, 0.2) is 0 Å². The van der Waals surface area contributed by atoms with E-state index in [0.29, 0.717) is 13.2 Å². The summed E-state index contributed by atoms with van der Waals surface area (Å²) in [5, 5.41) is 13.2. The van der Waals surface area contributed by atoms with E-state index in [2.05, 4.69) is 29.3 Å². The van der Waals surface area contributed by atoms with E-state index in [-0.39, 0.29) is 0 Å². The Balaban J connectivity index is 1.54. The molecule has 0 radical (unpaired) electrons. The summed E-state index contributed by atoms with van der Waals surface area (Å²) >= 11 is 0. The van der Waals surface area contributed by atoms with E-state index in [4.69, 9.17) is 4.74 Å². The van der Waals surface area contributed by atoms with Crippen LogP contribution in [-0.2, 0) is 6.42 Å². The van der Waals surface area contributed by atoms with Crippen LogP contribution in [0.3, 0.4) is 0 Å². The van der Waals surface area contributed by atoms with Gasteiger partial charge < -0.3 is 20.1 Å². The van der Waals surface area contributed by atoms with Crippen LogP contribution >= 0.6 is 0 Å². The molecule has 1 aromatic rings. The fourth-order valence-electron chi connectivity index (χ4n) is 2.58. The van der Waals surface area contributed by atoms with E-state index in [1.807, 2.05) is 12.1 Å². The van der Waals surface area contributed by atoms with Gasteiger partial charge in [-0.25, -0.2) is 0 Å². The number of rotatable bonds is 9. The lowest BCUT2D eigenvalue weighted by Crippen LogP contribution is -2.36. The number of hydrogen-bond acceptors (Lipinski definition) is 4. The van der Waals surface area contributed by atoms with Gasteiger partial charge >= 0.3 is 0 Å². The maximum Gasteiger partial charge on any atom is 0.119 e. The summed E-state index contributed by atoms with van der Waals surface area (Å²) in [6, 6.07) is 8.06. The molecule has 1 aliphatic heterocycles. The standard InChI is InChI=1S/C17H28N2O2/c1-2-15-5-7-17(8-6-15)21-14-16(20)13-18-9-12-19-10-3-4-11-19/h5-8,16,18,20H,2-4,9-14H2,1H3. The van der Waals surface area contributed by atoms with Gasteiger partial charge in [0.05, 0.1) is 0 Å². The predicted octanol–water partition coefficient (Wildman–Crippen LogP) is 1.67. The van der Waals surface area contributed by atoms with Crippen molar-refractivity contribution in [2.45, 2.75) is 32.3 Å². The summed E-state index contributed by atoms with van der Waals surface area (Å²) in [5.74, 6) is 0.823. The molecule has 2 rings (SSSR count). The molecule has 1 atom stereocenters. The van der Waals surface area contributed by atoms with E-state index in [1.54, 1.807) is 0 Å². The highest BCUT2D eigenvalue weighted by Gasteiger charge is 2.11. The minimum Gasteiger partial charge on any atom is -0.491 e. The molecule has 0 aromatic heterocycles. The van der Waals surface area contributed by atoms with E-state index in [0.717, 1.165) is 25.3 Å². The SMILES string of the molecule is CCc1ccc(OCC(O)CNCCN2CCCC2)cc1. The van der Waals surface area contributed by atoms with Crippen molar-refractivity contribution in [3.8, 4) is 5.75 Å². The second-order valence-corrected chi connectivity index (χ2v) is 5.72. The molecule has 21 heavy (non-hydrogen) atoms. The molecule has 4 heteroatoms. The lowest BCUT2D eigenvalue weighted by Gasteiger charge is -2.17. The third-order valence-corrected chi connectivity index (χ3v) is 3.96. The summed E-state index contributed by atoms with van der Waals surface area (Å²) in [5.41, 5.74) is 1.30. The van der Waals surface area contributed by atoms with E-state index in [1.165, 1.54) is 31.5 Å². The second kappa shape index (κ2) is 9.03. The van der Waals surface area contributed by atoms with Crippen molar-refractivity contribution in [3.63, 3.8) is 0 Å². The van der Waals surface area contributed by atoms with Crippen molar-refractivity contribution in [1.82, 2.24) is 10.2 Å². The molecule has 2 N–H and O–H groups in total. The maximum absolute atomic E-state index is 9.90. The van der Waals surface area contributed by atoms with Gasteiger partial charge in [0.2, 0.25) is 0 Å². The molecule has 1 aromatic carbocycles. The Bertz CT molecular complexity index is 388. The van der Waals surface area contributed by atoms with Gasteiger partial charge in [0.25, 0.3) is 0 Å². The predicted molar refractivity (Wildman–Crippen MR) is 85.9 cm³/mol. The molecule has 1 aliphatic rings. The molecular formula is C17H28N2O2. The van der Waals surface area contributed by atoms with Crippen molar-refractivity contribution in [2.24, 2.45) is 0 Å². The molecule has 0 amide bonds. The Hall–Kier alpha value is -1.10. The number of likely N-dealkylation sites (tertiary alicyclic amines) is 1. The summed E-state index contributed by atoms with van der Waals surface area (Å²) in [6.45, 7) is 7.51. The molecule has 1 fully saturated rings.